The fourth-order valence-corrected chi connectivity index (χ4v) is 6.53. The molecule has 1 atom stereocenters. The number of hydrogen-bond donors (Lipinski definition) is 2. The van der Waals surface area contributed by atoms with Crippen LogP contribution in [0, 0.1) is 0 Å². The Morgan fingerprint density at radius 3 is 1.87 bits per heavy atom. The van der Waals surface area contributed by atoms with Crippen molar-refractivity contribution in [2.45, 2.75) is 51.1 Å². The lowest BCUT2D eigenvalue weighted by molar-refractivity contribution is 0.0935. The summed E-state index contributed by atoms with van der Waals surface area (Å²) in [5, 5.41) is 10.7. The molecule has 1 aliphatic heterocycles. The Kier molecular flexibility index (Phi) is 13.2. The second-order valence-electron chi connectivity index (χ2n) is 13.0. The van der Waals surface area contributed by atoms with E-state index in [4.69, 9.17) is 37.7 Å². The van der Waals surface area contributed by atoms with Crippen molar-refractivity contribution in [3.63, 3.8) is 0 Å². The summed E-state index contributed by atoms with van der Waals surface area (Å²) in [5.41, 5.74) is 4.54. The van der Waals surface area contributed by atoms with Gasteiger partial charge in [0.25, 0.3) is 5.91 Å². The van der Waals surface area contributed by atoms with Crippen LogP contribution in [0.15, 0.2) is 83.4 Å². The normalized spacial score (nSPS) is 13.3. The number of nitrogens with zero attached hydrogens (tertiary/aromatic N) is 1. The van der Waals surface area contributed by atoms with E-state index >= 15 is 0 Å². The zero-order valence-corrected chi connectivity index (χ0v) is 32.1. The minimum atomic E-state index is -0.353. The Morgan fingerprint density at radius 1 is 0.582 bits per heavy atom. The summed E-state index contributed by atoms with van der Waals surface area (Å²) in [5.74, 6) is 4.70. The van der Waals surface area contributed by atoms with Crippen molar-refractivity contribution in [2.24, 2.45) is 0 Å². The van der Waals surface area contributed by atoms with E-state index in [1.54, 1.807) is 41.6 Å². The number of nitrogens with one attached hydrogen (secondary N) is 2. The molecule has 4 aromatic carbocycles. The minimum Gasteiger partial charge on any atom is -0.493 e. The van der Waals surface area contributed by atoms with Gasteiger partial charge in [-0.15, -0.1) is 0 Å². The number of aromatic nitrogens is 1. The maximum absolute atomic E-state index is 12.6. The van der Waals surface area contributed by atoms with Crippen LogP contribution in [0.4, 0.5) is 5.69 Å². The van der Waals surface area contributed by atoms with Crippen LogP contribution in [0.2, 0.25) is 0 Å². The van der Waals surface area contributed by atoms with Gasteiger partial charge in [0, 0.05) is 22.9 Å². The first-order chi connectivity index (χ1) is 27.0. The maximum Gasteiger partial charge on any atom is 0.255 e. The van der Waals surface area contributed by atoms with Crippen LogP contribution in [0.25, 0.3) is 22.6 Å². The molecule has 6 rings (SSSR count). The van der Waals surface area contributed by atoms with Crippen LogP contribution in [0.5, 0.6) is 40.2 Å². The second-order valence-corrected chi connectivity index (χ2v) is 13.0. The topological polar surface area (TPSA) is 132 Å². The summed E-state index contributed by atoms with van der Waals surface area (Å²) in [4.78, 5) is 12.6. The van der Waals surface area contributed by atoms with E-state index in [1.807, 2.05) is 72.8 Å². The van der Waals surface area contributed by atoms with Gasteiger partial charge in [0.05, 0.1) is 54.3 Å². The lowest BCUT2D eigenvalue weighted by Gasteiger charge is -2.28. The molecule has 2 N–H and O–H groups in total. The summed E-state index contributed by atoms with van der Waals surface area (Å²) in [6.07, 6.45) is 7.12. The molecule has 0 spiro atoms. The number of amides is 1. The number of rotatable bonds is 20. The van der Waals surface area contributed by atoms with Crippen molar-refractivity contribution in [1.29, 1.82) is 0 Å². The van der Waals surface area contributed by atoms with Gasteiger partial charge in [-0.2, -0.15) is 0 Å². The van der Waals surface area contributed by atoms with Gasteiger partial charge in [0.2, 0.25) is 5.75 Å². The van der Waals surface area contributed by atoms with Gasteiger partial charge in [-0.25, -0.2) is 0 Å². The van der Waals surface area contributed by atoms with Gasteiger partial charge in [0.1, 0.15) is 11.9 Å². The molecular formula is C43H49N3O9. The van der Waals surface area contributed by atoms with E-state index in [0.717, 1.165) is 67.3 Å². The van der Waals surface area contributed by atoms with Gasteiger partial charge in [-0.3, -0.25) is 4.79 Å². The first-order valence-electron chi connectivity index (χ1n) is 18.5. The van der Waals surface area contributed by atoms with Crippen LogP contribution in [0.3, 0.4) is 0 Å². The Morgan fingerprint density at radius 2 is 1.20 bits per heavy atom. The number of benzene rings is 4. The quantitative estimate of drug-likeness (QED) is 0.0739. The number of anilines is 1. The highest BCUT2D eigenvalue weighted by atomic mass is 16.5. The largest absolute Gasteiger partial charge is 0.493 e. The zero-order valence-electron chi connectivity index (χ0n) is 32.1. The van der Waals surface area contributed by atoms with Crippen molar-refractivity contribution in [3.05, 3.63) is 90.0 Å². The number of hydrogen-bond acceptors (Lipinski definition) is 11. The summed E-state index contributed by atoms with van der Waals surface area (Å²) >= 11 is 0. The fourth-order valence-electron chi connectivity index (χ4n) is 6.53. The van der Waals surface area contributed by atoms with Crippen LogP contribution < -0.4 is 43.8 Å². The third kappa shape index (κ3) is 9.37. The molecule has 1 unspecified atom stereocenters. The smallest absolute Gasteiger partial charge is 0.255 e. The molecule has 2 heterocycles. The third-order valence-electron chi connectivity index (χ3n) is 9.49. The van der Waals surface area contributed by atoms with Gasteiger partial charge in [-0.1, -0.05) is 55.5 Å². The number of methoxy groups -OCH3 is 5. The molecule has 0 saturated heterocycles. The molecule has 0 radical (unpaired) electrons. The van der Waals surface area contributed by atoms with E-state index in [1.165, 1.54) is 0 Å². The first kappa shape index (κ1) is 38.7. The highest BCUT2D eigenvalue weighted by molar-refractivity contribution is 6.01. The first-order valence-corrected chi connectivity index (χ1v) is 18.5. The van der Waals surface area contributed by atoms with E-state index in [-0.39, 0.29) is 12.1 Å². The zero-order chi connectivity index (χ0) is 38.6. The lowest BCUT2D eigenvalue weighted by Crippen LogP contribution is -2.38. The summed E-state index contributed by atoms with van der Waals surface area (Å²) in [6, 6.07) is 24.5. The average molecular weight is 752 g/mol. The summed E-state index contributed by atoms with van der Waals surface area (Å²) in [6.45, 7) is 1.19. The standard InChI is InChI=1S/C43H49N3O9/c1-48-34-19-17-28(36-27-33(46-55-36)30-25-39(50-3)41(52-5)40(26-30)51-4)23-38(34)54-22-14-10-8-6-7-9-13-21-53-35-20-18-29(24-37(35)49-2)42-44-32-16-12-11-15-31(32)43(47)45-42/h11-12,15-20,23-27,42,44H,6-10,13-14,21-22H2,1-5H3,(H,45,47). The Labute approximate surface area is 322 Å². The molecule has 12 heteroatoms. The number of unbranched alkanes of at least 4 members (excludes halogenated alkanes) is 6. The maximum atomic E-state index is 12.6. The number of carbonyl (C=O) groups excluding carboxylic acids is 1. The lowest BCUT2D eigenvalue weighted by atomic mass is 10.1. The molecule has 1 amide bonds. The SMILES string of the molecule is COc1cc(C2NC(=O)c3ccccc3N2)ccc1OCCCCCCCCCOc1cc(-c2cc(-c3cc(OC)c(OC)c(OC)c3)no2)ccc1OC. The predicted octanol–water partition coefficient (Wildman–Crippen LogP) is 9.09. The molecule has 1 aromatic heterocycles. The second kappa shape index (κ2) is 18.8. The molecule has 0 bridgehead atoms. The molecule has 0 aliphatic carbocycles. The van der Waals surface area contributed by atoms with E-state index < -0.39 is 0 Å². The molecular weight excluding hydrogens is 702 g/mol. The minimum absolute atomic E-state index is 0.107. The number of carbonyl (C=O) groups is 1. The molecule has 0 saturated carbocycles. The third-order valence-corrected chi connectivity index (χ3v) is 9.49. The van der Waals surface area contributed by atoms with Gasteiger partial charge >= 0.3 is 0 Å². The van der Waals surface area contributed by atoms with Crippen LogP contribution in [0.1, 0.15) is 67.0 Å². The Bertz CT molecular complexity index is 2020. The van der Waals surface area contributed by atoms with Crippen LogP contribution in [-0.2, 0) is 0 Å². The predicted molar refractivity (Wildman–Crippen MR) is 210 cm³/mol. The van der Waals surface area contributed by atoms with Crippen molar-refractivity contribution >= 4 is 11.6 Å². The highest BCUT2D eigenvalue weighted by Gasteiger charge is 2.25. The molecule has 55 heavy (non-hydrogen) atoms. The molecule has 12 nitrogen and oxygen atoms in total. The van der Waals surface area contributed by atoms with E-state index in [2.05, 4.69) is 15.8 Å². The average Bonchev–Trinajstić information content (AvgIpc) is 3.73. The molecule has 290 valence electrons. The highest BCUT2D eigenvalue weighted by Crippen LogP contribution is 2.42. The monoisotopic (exact) mass is 751 g/mol. The Hall–Kier alpha value is -6.04. The van der Waals surface area contributed by atoms with E-state index in [0.29, 0.717) is 70.5 Å². The van der Waals surface area contributed by atoms with E-state index in [9.17, 15) is 4.79 Å². The van der Waals surface area contributed by atoms with Crippen LogP contribution in [-0.4, -0.2) is 59.8 Å². The molecule has 0 fully saturated rings. The number of fused-ring (bicyclic) bond motifs is 1. The number of ether oxygens (including phenoxy) is 7. The van der Waals surface area contributed by atoms with Crippen molar-refractivity contribution in [1.82, 2.24) is 10.5 Å². The summed E-state index contributed by atoms with van der Waals surface area (Å²) in [7, 11) is 7.98. The van der Waals surface area contributed by atoms with Gasteiger partial charge < -0.3 is 48.3 Å². The Balaban J connectivity index is 0.900. The molecule has 5 aromatic rings. The molecule has 1 aliphatic rings. The summed E-state index contributed by atoms with van der Waals surface area (Å²) < 4.78 is 45.6. The van der Waals surface area contributed by atoms with Gasteiger partial charge in [0.15, 0.2) is 40.3 Å². The van der Waals surface area contributed by atoms with Gasteiger partial charge in [-0.05, 0) is 73.0 Å². The fraction of sp³-hybridized carbons (Fsp3) is 0.349. The van der Waals surface area contributed by atoms with Crippen LogP contribution >= 0.6 is 0 Å². The number of para-hydroxylation sites is 1. The van der Waals surface area contributed by atoms with Crippen molar-refractivity contribution in [3.8, 4) is 62.8 Å². The van der Waals surface area contributed by atoms with Crippen molar-refractivity contribution in [2.75, 3.05) is 54.1 Å². The van der Waals surface area contributed by atoms with Crippen molar-refractivity contribution < 1.29 is 42.5 Å².